The van der Waals surface area contributed by atoms with E-state index in [0.29, 0.717) is 119 Å². The van der Waals surface area contributed by atoms with E-state index in [-0.39, 0.29) is 12.6 Å². The van der Waals surface area contributed by atoms with E-state index in [1.165, 1.54) is 25.7 Å². The molecule has 0 unspecified atom stereocenters. The summed E-state index contributed by atoms with van der Waals surface area (Å²) in [6.07, 6.45) is 7.41. The molecule has 11 heteroatoms. The standard InChI is InChI=1S/C46H68O11/c1-2-3-4-5-6-16-23-45(47)56-40-38-54-36-34-52-32-30-50-28-26-48-24-25-49-27-29-51-31-33-53-35-37-55-39-41-57-46(42-17-10-7-11-18-42,43-19-12-8-13-20-43)44-21-14-9-15-22-44/h7-15,17-22H,2-6,16,23-41H2,1H3. The lowest BCUT2D eigenvalue weighted by molar-refractivity contribution is -0.145. The fourth-order valence-corrected chi connectivity index (χ4v) is 6.00. The van der Waals surface area contributed by atoms with E-state index in [0.717, 1.165) is 29.5 Å². The van der Waals surface area contributed by atoms with Crippen LogP contribution in [0.5, 0.6) is 0 Å². The number of hydrogen-bond donors (Lipinski definition) is 0. The fourth-order valence-electron chi connectivity index (χ4n) is 6.00. The Bertz CT molecular complexity index is 1230. The van der Waals surface area contributed by atoms with Gasteiger partial charge in [-0.15, -0.1) is 0 Å². The van der Waals surface area contributed by atoms with Gasteiger partial charge in [-0.1, -0.05) is 130 Å². The van der Waals surface area contributed by atoms with Gasteiger partial charge >= 0.3 is 5.97 Å². The van der Waals surface area contributed by atoms with Crippen molar-refractivity contribution in [3.63, 3.8) is 0 Å². The minimum atomic E-state index is -0.754. The van der Waals surface area contributed by atoms with Crippen LogP contribution in [0.2, 0.25) is 0 Å². The third-order valence-electron chi connectivity index (χ3n) is 8.92. The molecule has 0 aromatic heterocycles. The minimum Gasteiger partial charge on any atom is -0.463 e. The minimum absolute atomic E-state index is 0.144. The smallest absolute Gasteiger partial charge is 0.305 e. The molecule has 0 N–H and O–H groups in total. The van der Waals surface area contributed by atoms with Crippen molar-refractivity contribution in [3.8, 4) is 0 Å². The van der Waals surface area contributed by atoms with Crippen LogP contribution in [0.25, 0.3) is 0 Å². The topological polar surface area (TPSA) is 109 Å². The first-order valence-corrected chi connectivity index (χ1v) is 20.9. The van der Waals surface area contributed by atoms with Gasteiger partial charge in [-0.2, -0.15) is 0 Å². The van der Waals surface area contributed by atoms with Crippen LogP contribution >= 0.6 is 0 Å². The lowest BCUT2D eigenvalue weighted by Gasteiger charge is -2.36. The van der Waals surface area contributed by atoms with Gasteiger partial charge in [0.25, 0.3) is 0 Å². The van der Waals surface area contributed by atoms with Crippen molar-refractivity contribution in [1.82, 2.24) is 0 Å². The van der Waals surface area contributed by atoms with Gasteiger partial charge in [0.1, 0.15) is 12.2 Å². The number of hydrogen-bond acceptors (Lipinski definition) is 11. The summed E-state index contributed by atoms with van der Waals surface area (Å²) >= 11 is 0. The Morgan fingerprint density at radius 2 is 0.684 bits per heavy atom. The average Bonchev–Trinajstić information content (AvgIpc) is 3.25. The highest BCUT2D eigenvalue weighted by Gasteiger charge is 2.37. The molecule has 0 aliphatic carbocycles. The van der Waals surface area contributed by atoms with E-state index < -0.39 is 5.60 Å². The van der Waals surface area contributed by atoms with Crippen LogP contribution in [0, 0.1) is 0 Å². The summed E-state index contributed by atoms with van der Waals surface area (Å²) in [4.78, 5) is 11.7. The summed E-state index contributed by atoms with van der Waals surface area (Å²) in [5.41, 5.74) is 2.44. The van der Waals surface area contributed by atoms with Crippen LogP contribution in [-0.2, 0) is 57.8 Å². The van der Waals surface area contributed by atoms with E-state index in [4.69, 9.17) is 47.4 Å². The molecule has 0 aliphatic heterocycles. The number of carbonyl (C=O) groups is 1. The molecule has 0 atom stereocenters. The lowest BCUT2D eigenvalue weighted by Crippen LogP contribution is -2.34. The number of rotatable bonds is 38. The fraction of sp³-hybridized carbons (Fsp3) is 0.587. The quantitative estimate of drug-likeness (QED) is 0.0329. The van der Waals surface area contributed by atoms with Crippen LogP contribution in [-0.4, -0.2) is 125 Å². The zero-order chi connectivity index (χ0) is 40.2. The van der Waals surface area contributed by atoms with Crippen LogP contribution < -0.4 is 0 Å². The molecule has 0 heterocycles. The second-order valence-electron chi connectivity index (χ2n) is 13.3. The van der Waals surface area contributed by atoms with Gasteiger partial charge in [-0.05, 0) is 23.1 Å². The molecular formula is C46H68O11. The molecule has 0 amide bonds. The molecule has 0 bridgehead atoms. The second kappa shape index (κ2) is 33.7. The largest absolute Gasteiger partial charge is 0.463 e. The second-order valence-corrected chi connectivity index (χ2v) is 13.3. The summed E-state index contributed by atoms with van der Waals surface area (Å²) in [6, 6.07) is 31.0. The highest BCUT2D eigenvalue weighted by molar-refractivity contribution is 5.69. The zero-order valence-electron chi connectivity index (χ0n) is 34.3. The Labute approximate surface area is 341 Å². The molecule has 3 aromatic carbocycles. The average molecular weight is 797 g/mol. The van der Waals surface area contributed by atoms with Crippen LogP contribution in [0.15, 0.2) is 91.0 Å². The molecule has 0 saturated carbocycles. The van der Waals surface area contributed by atoms with Crippen molar-refractivity contribution < 1.29 is 52.2 Å². The highest BCUT2D eigenvalue weighted by Crippen LogP contribution is 2.40. The van der Waals surface area contributed by atoms with Crippen molar-refractivity contribution in [2.24, 2.45) is 0 Å². The highest BCUT2D eigenvalue weighted by atomic mass is 16.6. The molecule has 0 aliphatic rings. The first-order valence-electron chi connectivity index (χ1n) is 20.9. The Hall–Kier alpha value is -3.23. The number of carbonyl (C=O) groups excluding carboxylic acids is 1. The van der Waals surface area contributed by atoms with Gasteiger partial charge in [-0.25, -0.2) is 0 Å². The van der Waals surface area contributed by atoms with E-state index >= 15 is 0 Å². The summed E-state index contributed by atoms with van der Waals surface area (Å²) in [5, 5.41) is 0. The van der Waals surface area contributed by atoms with Gasteiger partial charge in [0.2, 0.25) is 0 Å². The Balaban J connectivity index is 1.05. The van der Waals surface area contributed by atoms with E-state index in [2.05, 4.69) is 43.3 Å². The number of unbranched alkanes of at least 4 members (excludes halogenated alkanes) is 5. The van der Waals surface area contributed by atoms with Crippen LogP contribution in [0.1, 0.15) is 68.6 Å². The van der Waals surface area contributed by atoms with Crippen molar-refractivity contribution in [2.75, 3.05) is 119 Å². The maximum absolute atomic E-state index is 11.7. The Morgan fingerprint density at radius 3 is 1.04 bits per heavy atom. The third kappa shape index (κ3) is 21.9. The Kier molecular flexibility index (Phi) is 28.5. The van der Waals surface area contributed by atoms with Gasteiger partial charge in [0, 0.05) is 6.42 Å². The summed E-state index contributed by atoms with van der Waals surface area (Å²) < 4.78 is 56.6. The maximum atomic E-state index is 11.7. The molecule has 3 rings (SSSR count). The molecule has 3 aromatic rings. The molecule has 318 valence electrons. The van der Waals surface area contributed by atoms with Gasteiger partial charge in [0.05, 0.1) is 112 Å². The third-order valence-corrected chi connectivity index (χ3v) is 8.92. The zero-order valence-corrected chi connectivity index (χ0v) is 34.3. The molecule has 0 fully saturated rings. The van der Waals surface area contributed by atoms with E-state index in [9.17, 15) is 4.79 Å². The van der Waals surface area contributed by atoms with E-state index in [1.54, 1.807) is 0 Å². The van der Waals surface area contributed by atoms with Gasteiger partial charge in [-0.3, -0.25) is 4.79 Å². The first kappa shape index (κ1) is 48.1. The summed E-state index contributed by atoms with van der Waals surface area (Å²) in [5.74, 6) is -0.144. The van der Waals surface area contributed by atoms with Crippen molar-refractivity contribution in [3.05, 3.63) is 108 Å². The summed E-state index contributed by atoms with van der Waals surface area (Å²) in [7, 11) is 0. The molecule has 0 radical (unpaired) electrons. The Morgan fingerprint density at radius 1 is 0.386 bits per heavy atom. The molecule has 57 heavy (non-hydrogen) atoms. The van der Waals surface area contributed by atoms with Crippen LogP contribution in [0.4, 0.5) is 0 Å². The van der Waals surface area contributed by atoms with Crippen molar-refractivity contribution >= 4 is 5.97 Å². The SMILES string of the molecule is CCCCCCCCC(=O)OCCOCCOCCOCCOCCOCCOCCOCCOCCOC(c1ccccc1)(c1ccccc1)c1ccccc1. The van der Waals surface area contributed by atoms with Crippen molar-refractivity contribution in [2.45, 2.75) is 57.5 Å². The molecule has 0 saturated heterocycles. The number of esters is 1. The first-order chi connectivity index (χ1) is 28.3. The molecule has 0 spiro atoms. The molecule has 11 nitrogen and oxygen atoms in total. The van der Waals surface area contributed by atoms with Crippen molar-refractivity contribution in [1.29, 1.82) is 0 Å². The summed E-state index contributed by atoms with van der Waals surface area (Å²) in [6.45, 7) is 10.5. The number of ether oxygens (including phenoxy) is 10. The predicted molar refractivity (Wildman–Crippen MR) is 221 cm³/mol. The van der Waals surface area contributed by atoms with Crippen LogP contribution in [0.3, 0.4) is 0 Å². The van der Waals surface area contributed by atoms with Gasteiger partial charge in [0.15, 0.2) is 0 Å². The molecular weight excluding hydrogens is 728 g/mol. The van der Waals surface area contributed by atoms with Gasteiger partial charge < -0.3 is 47.4 Å². The maximum Gasteiger partial charge on any atom is 0.305 e. The predicted octanol–water partition coefficient (Wildman–Crippen LogP) is 7.42. The number of benzene rings is 3. The monoisotopic (exact) mass is 796 g/mol. The lowest BCUT2D eigenvalue weighted by atomic mass is 9.80. The van der Waals surface area contributed by atoms with E-state index in [1.807, 2.05) is 54.6 Å². The normalized spacial score (nSPS) is 11.6.